The molecule has 2 heterocycles. The number of hydrogen-bond acceptors (Lipinski definition) is 4. The molecule has 4 aromatic rings. The number of fused-ring (bicyclic) bond motifs is 1. The molecular weight excluding hydrogens is 406 g/mol. The van der Waals surface area contributed by atoms with E-state index in [0.29, 0.717) is 34.6 Å². The van der Waals surface area contributed by atoms with Gasteiger partial charge >= 0.3 is 0 Å². The number of aryl methyl sites for hydroxylation is 1. The molecule has 0 aliphatic rings. The largest absolute Gasteiger partial charge is 0.328 e. The Bertz CT molecular complexity index is 1280. The Labute approximate surface area is 185 Å². The van der Waals surface area contributed by atoms with Crippen LogP contribution in [0.2, 0.25) is 0 Å². The minimum absolute atomic E-state index is 0.0393. The summed E-state index contributed by atoms with van der Waals surface area (Å²) in [6.07, 6.45) is 0.640. The number of para-hydroxylation sites is 1. The van der Waals surface area contributed by atoms with Crippen LogP contribution in [-0.4, -0.2) is 26.9 Å². The Hall–Kier alpha value is -3.25. The molecule has 0 aliphatic carbocycles. The van der Waals surface area contributed by atoms with E-state index in [1.54, 1.807) is 10.6 Å². The molecule has 0 N–H and O–H groups in total. The van der Waals surface area contributed by atoms with Crippen LogP contribution in [0.3, 0.4) is 0 Å². The smallest absolute Gasteiger partial charge is 0.266 e. The summed E-state index contributed by atoms with van der Waals surface area (Å²) in [5.41, 5.74) is 2.34. The van der Waals surface area contributed by atoms with Crippen molar-refractivity contribution in [1.82, 2.24) is 14.5 Å². The van der Waals surface area contributed by atoms with Crippen LogP contribution in [-0.2, 0) is 0 Å². The minimum atomic E-state index is -0.336. The van der Waals surface area contributed by atoms with Gasteiger partial charge < -0.3 is 4.90 Å². The third-order valence-electron chi connectivity index (χ3n) is 5.46. The van der Waals surface area contributed by atoms with Gasteiger partial charge in [-0.05, 0) is 61.5 Å². The molecule has 5 nitrogen and oxygen atoms in total. The molecule has 6 heteroatoms. The SMILES string of the molecule is CCC(c1nc2ccccc2c(=O)n1-c1cccc(C)c1)N(CC)C(=O)c1cccs1. The van der Waals surface area contributed by atoms with Crippen molar-refractivity contribution < 1.29 is 4.79 Å². The molecular formula is C25H25N3O2S. The second kappa shape index (κ2) is 8.86. The van der Waals surface area contributed by atoms with Crippen LogP contribution in [0.5, 0.6) is 0 Å². The predicted molar refractivity (Wildman–Crippen MR) is 126 cm³/mol. The van der Waals surface area contributed by atoms with Crippen molar-refractivity contribution in [2.45, 2.75) is 33.2 Å². The van der Waals surface area contributed by atoms with Gasteiger partial charge in [-0.2, -0.15) is 0 Å². The van der Waals surface area contributed by atoms with E-state index in [-0.39, 0.29) is 17.5 Å². The van der Waals surface area contributed by atoms with E-state index in [1.807, 2.05) is 85.6 Å². The quantitative estimate of drug-likeness (QED) is 0.412. The fraction of sp³-hybridized carbons (Fsp3) is 0.240. The highest BCUT2D eigenvalue weighted by atomic mass is 32.1. The summed E-state index contributed by atoms with van der Waals surface area (Å²) in [7, 11) is 0. The average Bonchev–Trinajstić information content (AvgIpc) is 3.32. The van der Waals surface area contributed by atoms with Crippen molar-refractivity contribution in [3.8, 4) is 5.69 Å². The monoisotopic (exact) mass is 431 g/mol. The third kappa shape index (κ3) is 3.91. The number of carbonyl (C=O) groups excluding carboxylic acids is 1. The van der Waals surface area contributed by atoms with Crippen LogP contribution in [0.25, 0.3) is 16.6 Å². The van der Waals surface area contributed by atoms with E-state index in [0.717, 1.165) is 11.3 Å². The lowest BCUT2D eigenvalue weighted by Crippen LogP contribution is -2.38. The third-order valence-corrected chi connectivity index (χ3v) is 6.31. The molecule has 0 radical (unpaired) electrons. The summed E-state index contributed by atoms with van der Waals surface area (Å²) in [4.78, 5) is 34.3. The highest BCUT2D eigenvalue weighted by Gasteiger charge is 2.29. The number of benzene rings is 2. The van der Waals surface area contributed by atoms with Crippen molar-refractivity contribution in [1.29, 1.82) is 0 Å². The Balaban J connectivity index is 1.97. The molecule has 1 amide bonds. The number of carbonyl (C=O) groups is 1. The van der Waals surface area contributed by atoms with Crippen LogP contribution in [0, 0.1) is 6.92 Å². The van der Waals surface area contributed by atoms with Gasteiger partial charge in [-0.15, -0.1) is 11.3 Å². The maximum absolute atomic E-state index is 13.6. The average molecular weight is 432 g/mol. The molecule has 31 heavy (non-hydrogen) atoms. The van der Waals surface area contributed by atoms with Crippen molar-refractivity contribution in [2.24, 2.45) is 0 Å². The van der Waals surface area contributed by atoms with Gasteiger partial charge in [0.2, 0.25) is 0 Å². The summed E-state index contributed by atoms with van der Waals surface area (Å²) < 4.78 is 1.67. The van der Waals surface area contributed by atoms with Gasteiger partial charge in [0.1, 0.15) is 5.82 Å². The number of nitrogens with zero attached hydrogens (tertiary/aromatic N) is 3. The lowest BCUT2D eigenvalue weighted by atomic mass is 10.1. The van der Waals surface area contributed by atoms with Gasteiger partial charge in [-0.3, -0.25) is 14.2 Å². The summed E-state index contributed by atoms with van der Waals surface area (Å²) in [6, 6.07) is 18.6. The first-order valence-corrected chi connectivity index (χ1v) is 11.4. The van der Waals surface area contributed by atoms with Crippen LogP contribution in [0.1, 0.15) is 47.4 Å². The lowest BCUT2D eigenvalue weighted by molar-refractivity contribution is 0.0677. The zero-order chi connectivity index (χ0) is 22.0. The molecule has 0 spiro atoms. The summed E-state index contributed by atoms with van der Waals surface area (Å²) in [6.45, 7) is 6.51. The predicted octanol–water partition coefficient (Wildman–Crippen LogP) is 5.37. The van der Waals surface area contributed by atoms with Gasteiger partial charge in [0.05, 0.1) is 27.5 Å². The maximum atomic E-state index is 13.6. The summed E-state index contributed by atoms with van der Waals surface area (Å²) >= 11 is 1.43. The van der Waals surface area contributed by atoms with Crippen molar-refractivity contribution in [2.75, 3.05) is 6.54 Å². The van der Waals surface area contributed by atoms with E-state index in [2.05, 4.69) is 0 Å². The molecule has 2 aromatic heterocycles. The first-order chi connectivity index (χ1) is 15.0. The second-order valence-electron chi connectivity index (χ2n) is 7.46. The molecule has 158 valence electrons. The van der Waals surface area contributed by atoms with Crippen molar-refractivity contribution in [3.63, 3.8) is 0 Å². The van der Waals surface area contributed by atoms with Gasteiger partial charge in [-0.1, -0.05) is 37.3 Å². The second-order valence-corrected chi connectivity index (χ2v) is 8.41. The van der Waals surface area contributed by atoms with E-state index in [9.17, 15) is 9.59 Å². The molecule has 0 saturated heterocycles. The maximum Gasteiger partial charge on any atom is 0.266 e. The number of amides is 1. The van der Waals surface area contributed by atoms with Gasteiger partial charge in [0.15, 0.2) is 0 Å². The molecule has 0 saturated carbocycles. The highest BCUT2D eigenvalue weighted by Crippen LogP contribution is 2.28. The fourth-order valence-corrected chi connectivity index (χ4v) is 4.66. The van der Waals surface area contributed by atoms with E-state index in [1.165, 1.54) is 11.3 Å². The van der Waals surface area contributed by atoms with Gasteiger partial charge in [0.25, 0.3) is 11.5 Å². The van der Waals surface area contributed by atoms with Gasteiger partial charge in [0, 0.05) is 6.54 Å². The first-order valence-electron chi connectivity index (χ1n) is 10.5. The molecule has 1 atom stereocenters. The van der Waals surface area contributed by atoms with E-state index >= 15 is 0 Å². The molecule has 0 fully saturated rings. The minimum Gasteiger partial charge on any atom is -0.328 e. The van der Waals surface area contributed by atoms with Crippen LogP contribution < -0.4 is 5.56 Å². The fourth-order valence-electron chi connectivity index (χ4n) is 3.98. The highest BCUT2D eigenvalue weighted by molar-refractivity contribution is 7.12. The standard InChI is InChI=1S/C25H25N3O2S/c1-4-21(27(5-2)25(30)22-14-9-15-31-22)23-26-20-13-7-6-12-19(20)24(29)28(23)18-11-8-10-17(3)16-18/h6-16,21H,4-5H2,1-3H3. The zero-order valence-electron chi connectivity index (χ0n) is 17.9. The molecule has 0 bridgehead atoms. The zero-order valence-corrected chi connectivity index (χ0v) is 18.7. The van der Waals surface area contributed by atoms with Crippen LogP contribution in [0.4, 0.5) is 0 Å². The Morgan fingerprint density at radius 3 is 2.58 bits per heavy atom. The van der Waals surface area contributed by atoms with Gasteiger partial charge in [-0.25, -0.2) is 4.98 Å². The number of hydrogen-bond donors (Lipinski definition) is 0. The Morgan fingerprint density at radius 1 is 1.10 bits per heavy atom. The molecule has 1 unspecified atom stereocenters. The molecule has 0 aliphatic heterocycles. The lowest BCUT2D eigenvalue weighted by Gasteiger charge is -2.31. The van der Waals surface area contributed by atoms with Crippen LogP contribution in [0.15, 0.2) is 70.8 Å². The Kier molecular flexibility index (Phi) is 6.00. The number of aromatic nitrogens is 2. The first kappa shape index (κ1) is 21.0. The topological polar surface area (TPSA) is 55.2 Å². The van der Waals surface area contributed by atoms with E-state index in [4.69, 9.17) is 4.98 Å². The van der Waals surface area contributed by atoms with Crippen LogP contribution >= 0.6 is 11.3 Å². The number of rotatable bonds is 6. The molecule has 2 aromatic carbocycles. The summed E-state index contributed by atoms with van der Waals surface area (Å²) in [5, 5.41) is 2.47. The number of thiophene rings is 1. The Morgan fingerprint density at radius 2 is 1.90 bits per heavy atom. The molecule has 4 rings (SSSR count). The van der Waals surface area contributed by atoms with Crippen molar-refractivity contribution >= 4 is 28.1 Å². The summed E-state index contributed by atoms with van der Waals surface area (Å²) in [5.74, 6) is 0.547. The van der Waals surface area contributed by atoms with E-state index < -0.39 is 0 Å². The normalized spacial score (nSPS) is 12.1. The van der Waals surface area contributed by atoms with Crippen molar-refractivity contribution in [3.05, 3.63) is 92.7 Å².